The first-order valence-electron chi connectivity index (χ1n) is 7.05. The summed E-state index contributed by atoms with van der Waals surface area (Å²) in [7, 11) is 1.67. The van der Waals surface area contributed by atoms with E-state index in [-0.39, 0.29) is 11.9 Å². The molecule has 0 saturated carbocycles. The van der Waals surface area contributed by atoms with Gasteiger partial charge in [-0.3, -0.25) is 4.79 Å². The molecular formula is C15H25N3O2. The molecule has 0 spiro atoms. The van der Waals surface area contributed by atoms with Gasteiger partial charge in [-0.25, -0.2) is 0 Å². The minimum absolute atomic E-state index is 0.0948. The number of nitrogens with two attached hydrogens (primary N) is 1. The molecule has 1 amide bonds. The number of benzene rings is 1. The van der Waals surface area contributed by atoms with Crippen molar-refractivity contribution >= 4 is 17.3 Å². The summed E-state index contributed by atoms with van der Waals surface area (Å²) in [6.07, 6.45) is 2.01. The number of rotatable bonds is 8. The van der Waals surface area contributed by atoms with E-state index >= 15 is 0 Å². The van der Waals surface area contributed by atoms with Crippen molar-refractivity contribution < 1.29 is 9.53 Å². The van der Waals surface area contributed by atoms with Gasteiger partial charge in [0, 0.05) is 31.1 Å². The Kier molecular flexibility index (Phi) is 6.87. The fourth-order valence-corrected chi connectivity index (χ4v) is 2.10. The van der Waals surface area contributed by atoms with Gasteiger partial charge in [0.2, 0.25) is 0 Å². The molecule has 0 saturated heterocycles. The molecule has 1 aromatic carbocycles. The molecule has 4 N–H and O–H groups in total. The first kappa shape index (κ1) is 16.3. The van der Waals surface area contributed by atoms with Crippen LogP contribution in [0.3, 0.4) is 0 Å². The largest absolute Gasteiger partial charge is 0.399 e. The molecule has 1 rings (SSSR count). The Morgan fingerprint density at radius 3 is 2.75 bits per heavy atom. The van der Waals surface area contributed by atoms with Crippen LogP contribution in [-0.4, -0.2) is 32.2 Å². The van der Waals surface area contributed by atoms with Gasteiger partial charge in [-0.2, -0.15) is 0 Å². The first-order valence-corrected chi connectivity index (χ1v) is 7.05. The van der Waals surface area contributed by atoms with Crippen LogP contribution in [0.1, 0.15) is 37.0 Å². The van der Waals surface area contributed by atoms with E-state index < -0.39 is 0 Å². The number of ether oxygens (including phenoxy) is 1. The van der Waals surface area contributed by atoms with E-state index in [1.54, 1.807) is 25.3 Å². The molecule has 0 aliphatic rings. The number of nitrogens with one attached hydrogen (secondary N) is 2. The topological polar surface area (TPSA) is 76.4 Å². The molecular weight excluding hydrogens is 254 g/mol. The second-order valence-corrected chi connectivity index (χ2v) is 4.75. The molecule has 0 aliphatic heterocycles. The van der Waals surface area contributed by atoms with Gasteiger partial charge in [-0.15, -0.1) is 0 Å². The smallest absolute Gasteiger partial charge is 0.253 e. The number of amides is 1. The SMILES string of the molecule is CCCC(COC)Nc1cc(N)ccc1C(=O)NCC. The van der Waals surface area contributed by atoms with Crippen LogP contribution in [0.25, 0.3) is 0 Å². The van der Waals surface area contributed by atoms with E-state index in [1.165, 1.54) is 0 Å². The lowest BCUT2D eigenvalue weighted by molar-refractivity contribution is 0.0956. The van der Waals surface area contributed by atoms with Gasteiger partial charge >= 0.3 is 0 Å². The van der Waals surface area contributed by atoms with Crippen molar-refractivity contribution in [1.82, 2.24) is 5.32 Å². The predicted octanol–water partition coefficient (Wildman–Crippen LogP) is 2.25. The third-order valence-corrected chi connectivity index (χ3v) is 2.99. The molecule has 0 aliphatic carbocycles. The average Bonchev–Trinajstić information content (AvgIpc) is 2.39. The Morgan fingerprint density at radius 1 is 1.40 bits per heavy atom. The normalized spacial score (nSPS) is 11.9. The van der Waals surface area contributed by atoms with Crippen LogP contribution in [0.5, 0.6) is 0 Å². The van der Waals surface area contributed by atoms with E-state index in [0.29, 0.717) is 24.4 Å². The summed E-state index contributed by atoms with van der Waals surface area (Å²) in [4.78, 5) is 12.1. The number of carbonyl (C=O) groups is 1. The number of hydrogen-bond donors (Lipinski definition) is 3. The Labute approximate surface area is 120 Å². The van der Waals surface area contributed by atoms with Crippen molar-refractivity contribution in [2.45, 2.75) is 32.7 Å². The zero-order valence-electron chi connectivity index (χ0n) is 12.5. The van der Waals surface area contributed by atoms with E-state index in [9.17, 15) is 4.79 Å². The van der Waals surface area contributed by atoms with Crippen LogP contribution < -0.4 is 16.4 Å². The highest BCUT2D eigenvalue weighted by atomic mass is 16.5. The number of methoxy groups -OCH3 is 1. The van der Waals surface area contributed by atoms with Gasteiger partial charge in [0.15, 0.2) is 0 Å². The van der Waals surface area contributed by atoms with Crippen molar-refractivity contribution in [2.24, 2.45) is 0 Å². The van der Waals surface area contributed by atoms with Crippen LogP contribution in [-0.2, 0) is 4.74 Å². The molecule has 0 fully saturated rings. The summed E-state index contributed by atoms with van der Waals surface area (Å²) >= 11 is 0. The Bertz CT molecular complexity index is 429. The molecule has 1 unspecified atom stereocenters. The lowest BCUT2D eigenvalue weighted by Gasteiger charge is -2.21. The van der Waals surface area contributed by atoms with Crippen LogP contribution in [0.2, 0.25) is 0 Å². The highest BCUT2D eigenvalue weighted by Crippen LogP contribution is 2.21. The van der Waals surface area contributed by atoms with Crippen LogP contribution in [0.4, 0.5) is 11.4 Å². The monoisotopic (exact) mass is 279 g/mol. The maximum atomic E-state index is 12.1. The second-order valence-electron chi connectivity index (χ2n) is 4.75. The fourth-order valence-electron chi connectivity index (χ4n) is 2.10. The van der Waals surface area contributed by atoms with Gasteiger partial charge in [0.1, 0.15) is 0 Å². The lowest BCUT2D eigenvalue weighted by Crippen LogP contribution is -2.28. The number of hydrogen-bond acceptors (Lipinski definition) is 4. The summed E-state index contributed by atoms with van der Waals surface area (Å²) in [5.41, 5.74) is 7.82. The maximum Gasteiger partial charge on any atom is 0.253 e. The Morgan fingerprint density at radius 2 is 2.15 bits per heavy atom. The van der Waals surface area contributed by atoms with E-state index in [2.05, 4.69) is 17.6 Å². The zero-order valence-corrected chi connectivity index (χ0v) is 12.5. The highest BCUT2D eigenvalue weighted by molar-refractivity contribution is 6.00. The zero-order chi connectivity index (χ0) is 15.0. The number of carbonyl (C=O) groups excluding carboxylic acids is 1. The van der Waals surface area contributed by atoms with Crippen molar-refractivity contribution in [1.29, 1.82) is 0 Å². The van der Waals surface area contributed by atoms with Crippen LogP contribution in [0, 0.1) is 0 Å². The molecule has 0 bridgehead atoms. The van der Waals surface area contributed by atoms with Crippen molar-refractivity contribution in [3.8, 4) is 0 Å². The van der Waals surface area contributed by atoms with Gasteiger partial charge in [-0.1, -0.05) is 13.3 Å². The summed E-state index contributed by atoms with van der Waals surface area (Å²) < 4.78 is 5.21. The minimum atomic E-state index is -0.0948. The quantitative estimate of drug-likeness (QED) is 0.638. The van der Waals surface area contributed by atoms with Crippen molar-refractivity contribution in [2.75, 3.05) is 31.3 Å². The third-order valence-electron chi connectivity index (χ3n) is 2.99. The van der Waals surface area contributed by atoms with Gasteiger partial charge < -0.3 is 21.1 Å². The summed E-state index contributed by atoms with van der Waals surface area (Å²) in [5.74, 6) is -0.0948. The average molecular weight is 279 g/mol. The number of nitrogen functional groups attached to an aromatic ring is 1. The first-order chi connectivity index (χ1) is 9.62. The molecule has 0 radical (unpaired) electrons. The lowest BCUT2D eigenvalue weighted by atomic mass is 10.1. The molecule has 5 heteroatoms. The summed E-state index contributed by atoms with van der Waals surface area (Å²) in [5, 5.41) is 6.17. The van der Waals surface area contributed by atoms with Gasteiger partial charge in [-0.05, 0) is 31.5 Å². The highest BCUT2D eigenvalue weighted by Gasteiger charge is 2.14. The van der Waals surface area contributed by atoms with Crippen molar-refractivity contribution in [3.05, 3.63) is 23.8 Å². The fraction of sp³-hybridized carbons (Fsp3) is 0.533. The van der Waals surface area contributed by atoms with Crippen LogP contribution >= 0.6 is 0 Å². The van der Waals surface area contributed by atoms with Crippen LogP contribution in [0.15, 0.2) is 18.2 Å². The number of anilines is 2. The summed E-state index contributed by atoms with van der Waals surface area (Å²) in [6, 6.07) is 5.45. The van der Waals surface area contributed by atoms with E-state index in [0.717, 1.165) is 18.5 Å². The summed E-state index contributed by atoms with van der Waals surface area (Å²) in [6.45, 7) is 5.21. The molecule has 112 valence electrons. The van der Waals surface area contributed by atoms with Crippen molar-refractivity contribution in [3.63, 3.8) is 0 Å². The molecule has 1 aromatic rings. The Balaban J connectivity index is 2.95. The molecule has 0 aromatic heterocycles. The van der Waals surface area contributed by atoms with Gasteiger partial charge in [0.05, 0.1) is 12.2 Å². The van der Waals surface area contributed by atoms with E-state index in [4.69, 9.17) is 10.5 Å². The standard InChI is InChI=1S/C15H25N3O2/c1-4-6-12(10-20-3)18-14-9-11(16)7-8-13(14)15(19)17-5-2/h7-9,12,18H,4-6,10,16H2,1-3H3,(H,17,19). The third kappa shape index (κ3) is 4.74. The molecule has 20 heavy (non-hydrogen) atoms. The predicted molar refractivity (Wildman–Crippen MR) is 83.1 cm³/mol. The maximum absolute atomic E-state index is 12.1. The second kappa shape index (κ2) is 8.43. The molecule has 5 nitrogen and oxygen atoms in total. The minimum Gasteiger partial charge on any atom is -0.399 e. The van der Waals surface area contributed by atoms with Gasteiger partial charge in [0.25, 0.3) is 5.91 Å². The Hall–Kier alpha value is -1.75. The molecule has 0 heterocycles. The molecule has 1 atom stereocenters. The van der Waals surface area contributed by atoms with E-state index in [1.807, 2.05) is 6.92 Å².